The van der Waals surface area contributed by atoms with E-state index < -0.39 is 15.1 Å². The first-order valence-corrected chi connectivity index (χ1v) is 6.75. The van der Waals surface area contributed by atoms with Crippen molar-refractivity contribution in [3.63, 3.8) is 0 Å². The lowest BCUT2D eigenvalue weighted by atomic mass is 10.3. The normalized spacial score (nSPS) is 11.3. The van der Waals surface area contributed by atoms with Gasteiger partial charge in [0.25, 0.3) is 0 Å². The smallest absolute Gasteiger partial charge is 0.318 e. The van der Waals surface area contributed by atoms with E-state index in [-0.39, 0.29) is 10.9 Å². The molecule has 0 saturated heterocycles. The van der Waals surface area contributed by atoms with Crippen LogP contribution in [-0.2, 0) is 9.84 Å². The number of urea groups is 1. The molecule has 1 rings (SSSR count). The first-order chi connectivity index (χ1) is 7.87. The molecule has 0 heterocycles. The molecule has 0 aliphatic heterocycles. The summed E-state index contributed by atoms with van der Waals surface area (Å²) in [6.45, 7) is 3.26. The Labute approximate surface area is 101 Å². The zero-order valence-electron chi connectivity index (χ0n) is 10.0. The Hall–Kier alpha value is -1.56. The summed E-state index contributed by atoms with van der Waals surface area (Å²) in [7, 11) is -1.75. The van der Waals surface area contributed by atoms with Gasteiger partial charge < -0.3 is 10.6 Å². The molecule has 1 aromatic carbocycles. The van der Waals surface area contributed by atoms with Crippen LogP contribution in [0.5, 0.6) is 0 Å². The van der Waals surface area contributed by atoms with E-state index in [4.69, 9.17) is 0 Å². The monoisotopic (exact) mass is 256 g/mol. The standard InChI is InChI=1S/C11H16N2O3S/c1-8(2)17(15,16)10-6-4-9(5-7-10)13-11(14)12-3/h4-8H,1-3H3,(H2,12,13,14). The van der Waals surface area contributed by atoms with Crippen LogP contribution in [0.4, 0.5) is 10.5 Å². The molecule has 2 amide bonds. The maximum atomic E-state index is 11.8. The van der Waals surface area contributed by atoms with E-state index in [0.29, 0.717) is 5.69 Å². The first kappa shape index (κ1) is 13.5. The van der Waals surface area contributed by atoms with Crippen molar-refractivity contribution in [3.8, 4) is 0 Å². The number of sulfone groups is 1. The SMILES string of the molecule is CNC(=O)Nc1ccc(S(=O)(=O)C(C)C)cc1. The van der Waals surface area contributed by atoms with Crippen molar-refractivity contribution in [2.24, 2.45) is 0 Å². The van der Waals surface area contributed by atoms with Crippen LogP contribution in [0.2, 0.25) is 0 Å². The zero-order chi connectivity index (χ0) is 13.1. The highest BCUT2D eigenvalue weighted by Crippen LogP contribution is 2.18. The van der Waals surface area contributed by atoms with Crippen LogP contribution >= 0.6 is 0 Å². The minimum Gasteiger partial charge on any atom is -0.341 e. The zero-order valence-corrected chi connectivity index (χ0v) is 10.8. The van der Waals surface area contributed by atoms with Crippen molar-refractivity contribution >= 4 is 21.6 Å². The molecule has 0 aliphatic carbocycles. The number of hydrogen-bond donors (Lipinski definition) is 2. The summed E-state index contributed by atoms with van der Waals surface area (Å²) >= 11 is 0. The lowest BCUT2D eigenvalue weighted by molar-refractivity contribution is 0.254. The maximum Gasteiger partial charge on any atom is 0.318 e. The predicted octanol–water partition coefficient (Wildman–Crippen LogP) is 1.62. The van der Waals surface area contributed by atoms with E-state index in [0.717, 1.165) is 0 Å². The second-order valence-electron chi connectivity index (χ2n) is 3.82. The van der Waals surface area contributed by atoms with E-state index in [1.54, 1.807) is 26.0 Å². The molecule has 0 unspecified atom stereocenters. The van der Waals surface area contributed by atoms with Crippen molar-refractivity contribution in [3.05, 3.63) is 24.3 Å². The Kier molecular flexibility index (Phi) is 4.11. The molecule has 2 N–H and O–H groups in total. The van der Waals surface area contributed by atoms with Crippen molar-refractivity contribution in [2.45, 2.75) is 24.0 Å². The van der Waals surface area contributed by atoms with Gasteiger partial charge >= 0.3 is 6.03 Å². The fourth-order valence-corrected chi connectivity index (χ4v) is 2.25. The van der Waals surface area contributed by atoms with E-state index in [1.165, 1.54) is 19.2 Å². The van der Waals surface area contributed by atoms with Gasteiger partial charge in [-0.05, 0) is 38.1 Å². The first-order valence-electron chi connectivity index (χ1n) is 5.20. The van der Waals surface area contributed by atoms with Crippen LogP contribution in [0.15, 0.2) is 29.2 Å². The highest BCUT2D eigenvalue weighted by atomic mass is 32.2. The highest BCUT2D eigenvalue weighted by Gasteiger charge is 2.18. The number of hydrogen-bond acceptors (Lipinski definition) is 3. The lowest BCUT2D eigenvalue weighted by Crippen LogP contribution is -2.24. The van der Waals surface area contributed by atoms with Crippen molar-refractivity contribution < 1.29 is 13.2 Å². The minimum atomic E-state index is -3.26. The summed E-state index contributed by atoms with van der Waals surface area (Å²) in [5.74, 6) is 0. The summed E-state index contributed by atoms with van der Waals surface area (Å²) < 4.78 is 23.6. The van der Waals surface area contributed by atoms with Gasteiger partial charge in [-0.25, -0.2) is 13.2 Å². The average molecular weight is 256 g/mol. The molecule has 0 aromatic heterocycles. The fraction of sp³-hybridized carbons (Fsp3) is 0.364. The van der Waals surface area contributed by atoms with Gasteiger partial charge in [-0.2, -0.15) is 0 Å². The molecule has 0 saturated carbocycles. The van der Waals surface area contributed by atoms with Gasteiger partial charge in [0.15, 0.2) is 9.84 Å². The Balaban J connectivity index is 2.93. The van der Waals surface area contributed by atoms with E-state index >= 15 is 0 Å². The van der Waals surface area contributed by atoms with Crippen LogP contribution in [0, 0.1) is 0 Å². The lowest BCUT2D eigenvalue weighted by Gasteiger charge is -2.09. The Bertz CT molecular complexity index is 492. The van der Waals surface area contributed by atoms with Crippen molar-refractivity contribution in [2.75, 3.05) is 12.4 Å². The second-order valence-corrected chi connectivity index (χ2v) is 6.33. The largest absolute Gasteiger partial charge is 0.341 e. The predicted molar refractivity (Wildman–Crippen MR) is 66.8 cm³/mol. The van der Waals surface area contributed by atoms with Crippen molar-refractivity contribution in [1.82, 2.24) is 5.32 Å². The van der Waals surface area contributed by atoms with Gasteiger partial charge in [0.2, 0.25) is 0 Å². The van der Waals surface area contributed by atoms with Gasteiger partial charge in [0.05, 0.1) is 10.1 Å². The third-order valence-electron chi connectivity index (χ3n) is 2.29. The molecule has 0 spiro atoms. The topological polar surface area (TPSA) is 75.3 Å². The number of anilines is 1. The molecule has 0 bridgehead atoms. The minimum absolute atomic E-state index is 0.259. The summed E-state index contributed by atoms with van der Waals surface area (Å²) in [5.41, 5.74) is 0.548. The Morgan fingerprint density at radius 2 is 1.71 bits per heavy atom. The Morgan fingerprint density at radius 3 is 2.12 bits per heavy atom. The van der Waals surface area contributed by atoms with Crippen molar-refractivity contribution in [1.29, 1.82) is 0 Å². The third-order valence-corrected chi connectivity index (χ3v) is 4.46. The van der Waals surface area contributed by atoms with Gasteiger partial charge in [0, 0.05) is 12.7 Å². The van der Waals surface area contributed by atoms with Crippen LogP contribution in [0.3, 0.4) is 0 Å². The third kappa shape index (κ3) is 3.20. The molecule has 6 heteroatoms. The highest BCUT2D eigenvalue weighted by molar-refractivity contribution is 7.92. The van der Waals surface area contributed by atoms with E-state index in [2.05, 4.69) is 10.6 Å². The van der Waals surface area contributed by atoms with Crippen LogP contribution < -0.4 is 10.6 Å². The molecular weight excluding hydrogens is 240 g/mol. The second kappa shape index (κ2) is 5.18. The molecule has 94 valence electrons. The molecule has 0 fully saturated rings. The number of benzene rings is 1. The summed E-state index contributed by atoms with van der Waals surface area (Å²) in [6, 6.07) is 5.75. The van der Waals surface area contributed by atoms with E-state index in [9.17, 15) is 13.2 Å². The molecule has 0 radical (unpaired) electrons. The average Bonchev–Trinajstić information content (AvgIpc) is 2.29. The molecule has 17 heavy (non-hydrogen) atoms. The molecule has 0 atom stereocenters. The molecule has 0 aliphatic rings. The summed E-state index contributed by atoms with van der Waals surface area (Å²) in [4.78, 5) is 11.3. The van der Waals surface area contributed by atoms with Crippen LogP contribution in [-0.4, -0.2) is 26.7 Å². The van der Waals surface area contributed by atoms with Crippen LogP contribution in [0.1, 0.15) is 13.8 Å². The van der Waals surface area contributed by atoms with Gasteiger partial charge in [-0.3, -0.25) is 0 Å². The molecule has 5 nitrogen and oxygen atoms in total. The number of rotatable bonds is 3. The number of carbonyl (C=O) groups excluding carboxylic acids is 1. The van der Waals surface area contributed by atoms with E-state index in [1.807, 2.05) is 0 Å². The number of nitrogens with one attached hydrogen (secondary N) is 2. The van der Waals surface area contributed by atoms with Crippen LogP contribution in [0.25, 0.3) is 0 Å². The number of amides is 2. The Morgan fingerprint density at radius 1 is 1.18 bits per heavy atom. The van der Waals surface area contributed by atoms with Gasteiger partial charge in [0.1, 0.15) is 0 Å². The quantitative estimate of drug-likeness (QED) is 0.863. The number of carbonyl (C=O) groups is 1. The van der Waals surface area contributed by atoms with Gasteiger partial charge in [-0.1, -0.05) is 0 Å². The summed E-state index contributed by atoms with van der Waals surface area (Å²) in [5, 5.41) is 4.50. The molecular formula is C11H16N2O3S. The fourth-order valence-electron chi connectivity index (χ4n) is 1.19. The maximum absolute atomic E-state index is 11.8. The summed E-state index contributed by atoms with van der Waals surface area (Å²) in [6.07, 6.45) is 0. The molecule has 1 aromatic rings. The van der Waals surface area contributed by atoms with Gasteiger partial charge in [-0.15, -0.1) is 0 Å².